The average molecular weight is 681 g/mol. The zero-order chi connectivity index (χ0) is 33.3. The van der Waals surface area contributed by atoms with Gasteiger partial charge in [-0.25, -0.2) is 13.2 Å². The summed E-state index contributed by atoms with van der Waals surface area (Å²) in [6.07, 6.45) is 25.8. The number of hydrogen-bond donors (Lipinski definition) is 1. The summed E-state index contributed by atoms with van der Waals surface area (Å²) >= 11 is 1.70. The van der Waals surface area contributed by atoms with E-state index < -0.39 is 10.1 Å². The Hall–Kier alpha value is -2.01. The first kappa shape index (κ1) is 40.2. The highest BCUT2D eigenvalue weighted by molar-refractivity contribution is 7.85. The SMILES string of the molecule is CCCCCCCCCCCCCCCC[C@@H]1CO[C@@H](COC(=O)NCCCC[n+]2ccsc2)C1.Cc1ccc(S(=O)(=O)[O-])cc1. The number of rotatable bonds is 23. The van der Waals surface area contributed by atoms with E-state index in [1.165, 1.54) is 108 Å². The Morgan fingerprint density at radius 2 is 1.54 bits per heavy atom. The minimum absolute atomic E-state index is 0.0763. The van der Waals surface area contributed by atoms with Gasteiger partial charge in [0, 0.05) is 13.0 Å². The van der Waals surface area contributed by atoms with Crippen molar-refractivity contribution < 1.29 is 31.8 Å². The van der Waals surface area contributed by atoms with Crippen LogP contribution < -0.4 is 9.88 Å². The van der Waals surface area contributed by atoms with Gasteiger partial charge < -0.3 is 19.3 Å². The summed E-state index contributed by atoms with van der Waals surface area (Å²) < 4.78 is 44.6. The van der Waals surface area contributed by atoms with Gasteiger partial charge in [-0.15, -0.1) is 0 Å². The summed E-state index contributed by atoms with van der Waals surface area (Å²) in [5.41, 5.74) is 3.04. The Bertz CT molecular complexity index is 1130. The monoisotopic (exact) mass is 680 g/mol. The maximum absolute atomic E-state index is 11.9. The van der Waals surface area contributed by atoms with Crippen LogP contribution in [0, 0.1) is 12.8 Å². The molecule has 0 radical (unpaired) electrons. The Labute approximate surface area is 283 Å². The van der Waals surface area contributed by atoms with Gasteiger partial charge in [-0.3, -0.25) is 0 Å². The van der Waals surface area contributed by atoms with Crippen molar-refractivity contribution in [3.8, 4) is 0 Å². The highest BCUT2D eigenvalue weighted by atomic mass is 32.2. The number of hydrogen-bond acceptors (Lipinski definition) is 7. The number of nitrogens with zero attached hydrogens (tertiary/aromatic N) is 1. The number of alkyl carbamates (subject to hydrolysis) is 1. The summed E-state index contributed by atoms with van der Waals surface area (Å²) in [5, 5.41) is 4.93. The Balaban J connectivity index is 0.000000562. The fourth-order valence-electron chi connectivity index (χ4n) is 5.65. The molecule has 46 heavy (non-hydrogen) atoms. The molecule has 1 aromatic heterocycles. The first-order chi connectivity index (χ1) is 22.3. The number of carbonyl (C=O) groups excluding carboxylic acids is 1. The maximum atomic E-state index is 11.9. The first-order valence-corrected chi connectivity index (χ1v) is 20.1. The zero-order valence-electron chi connectivity index (χ0n) is 28.5. The van der Waals surface area contributed by atoms with Crippen LogP contribution >= 0.6 is 11.3 Å². The third-order valence-electron chi connectivity index (χ3n) is 8.48. The minimum Gasteiger partial charge on any atom is -0.744 e. The van der Waals surface area contributed by atoms with Gasteiger partial charge in [0.15, 0.2) is 6.20 Å². The lowest BCUT2D eigenvalue weighted by molar-refractivity contribution is -0.692. The molecule has 1 N–H and O–H groups in total. The fraction of sp³-hybridized carbons (Fsp3) is 0.722. The van der Waals surface area contributed by atoms with E-state index in [-0.39, 0.29) is 17.1 Å². The predicted molar refractivity (Wildman–Crippen MR) is 185 cm³/mol. The molecule has 2 heterocycles. The van der Waals surface area contributed by atoms with Gasteiger partial charge in [0.25, 0.3) is 0 Å². The number of ether oxygens (including phenoxy) is 2. The number of carbonyl (C=O) groups is 1. The van der Waals surface area contributed by atoms with Crippen LogP contribution in [0.2, 0.25) is 0 Å². The molecule has 2 aromatic rings. The molecule has 1 aromatic carbocycles. The second-order valence-corrected chi connectivity index (χ2v) is 14.8. The lowest BCUT2D eigenvalue weighted by Crippen LogP contribution is -2.31. The molecule has 8 nitrogen and oxygen atoms in total. The van der Waals surface area contributed by atoms with Crippen LogP contribution in [0.4, 0.5) is 4.79 Å². The van der Waals surface area contributed by atoms with Crippen LogP contribution in [-0.2, 0) is 26.1 Å². The van der Waals surface area contributed by atoms with Crippen molar-refractivity contribution >= 4 is 27.5 Å². The zero-order valence-corrected chi connectivity index (χ0v) is 30.1. The van der Waals surface area contributed by atoms with Gasteiger partial charge in [0.1, 0.15) is 23.3 Å². The van der Waals surface area contributed by atoms with Gasteiger partial charge in [0.2, 0.25) is 5.51 Å². The van der Waals surface area contributed by atoms with Gasteiger partial charge in [-0.1, -0.05) is 126 Å². The van der Waals surface area contributed by atoms with E-state index in [0.29, 0.717) is 19.1 Å². The van der Waals surface area contributed by atoms with E-state index in [2.05, 4.69) is 33.9 Å². The van der Waals surface area contributed by atoms with Crippen LogP contribution in [0.5, 0.6) is 0 Å². The quantitative estimate of drug-likeness (QED) is 0.0715. The number of benzene rings is 1. The molecule has 10 heteroatoms. The molecular weight excluding hydrogens is 621 g/mol. The summed E-state index contributed by atoms with van der Waals surface area (Å²) in [4.78, 5) is 11.7. The van der Waals surface area contributed by atoms with E-state index in [4.69, 9.17) is 9.47 Å². The Morgan fingerprint density at radius 3 is 2.11 bits per heavy atom. The van der Waals surface area contributed by atoms with Crippen molar-refractivity contribution in [2.24, 2.45) is 5.92 Å². The third-order valence-corrected chi connectivity index (χ3v) is 10.0. The topological polar surface area (TPSA) is 109 Å². The van der Waals surface area contributed by atoms with Crippen molar-refractivity contribution in [2.75, 3.05) is 19.8 Å². The number of thiazole rings is 1. The fourth-order valence-corrected chi connectivity index (χ4v) is 6.75. The van der Waals surface area contributed by atoms with Crippen LogP contribution in [-0.4, -0.2) is 44.9 Å². The molecule has 1 aliphatic heterocycles. The van der Waals surface area contributed by atoms with Crippen LogP contribution in [0.25, 0.3) is 0 Å². The van der Waals surface area contributed by atoms with Crippen LogP contribution in [0.15, 0.2) is 46.2 Å². The third kappa shape index (κ3) is 20.3. The van der Waals surface area contributed by atoms with Crippen molar-refractivity contribution in [1.29, 1.82) is 0 Å². The van der Waals surface area contributed by atoms with E-state index >= 15 is 0 Å². The Morgan fingerprint density at radius 1 is 0.935 bits per heavy atom. The molecule has 2 atom stereocenters. The van der Waals surface area contributed by atoms with Crippen molar-refractivity contribution in [3.63, 3.8) is 0 Å². The summed E-state index contributed by atoms with van der Waals surface area (Å²) in [6.45, 7) is 6.98. The first-order valence-electron chi connectivity index (χ1n) is 17.7. The standard InChI is InChI=1S/C29H52N2O3S.C7H8O3S/c1-2-3-4-5-6-7-8-9-10-11-12-13-14-15-18-27-23-28(33-24-27)25-34-29(32)30-19-16-17-20-31-21-22-35-26-31;1-6-2-4-7(5-3-6)11(8,9)10/h21-22,26-28H,2-20,23-25H2,1H3;2-5H,1H3,(H,8,9,10)/t27-,28+;/m0./s1. The molecule has 0 unspecified atom stereocenters. The summed E-state index contributed by atoms with van der Waals surface area (Å²) in [7, 11) is -4.27. The number of unbranched alkanes of at least 4 members (excludes halogenated alkanes) is 14. The molecule has 1 fully saturated rings. The molecule has 0 aliphatic carbocycles. The maximum Gasteiger partial charge on any atom is 0.407 e. The summed E-state index contributed by atoms with van der Waals surface area (Å²) in [5.74, 6) is 0.638. The number of aryl methyl sites for hydroxylation is 2. The lowest BCUT2D eigenvalue weighted by Gasteiger charge is -2.11. The normalized spacial score (nSPS) is 16.2. The molecule has 1 amide bonds. The predicted octanol–water partition coefficient (Wildman–Crippen LogP) is 8.72. The molecular formula is C36H60N2O6S2. The molecule has 0 spiro atoms. The second-order valence-electron chi connectivity index (χ2n) is 12.7. The van der Waals surface area contributed by atoms with E-state index in [1.54, 1.807) is 23.5 Å². The Kier molecular flexibility index (Phi) is 21.9. The molecule has 1 saturated heterocycles. The van der Waals surface area contributed by atoms with Crippen LogP contribution in [0.1, 0.15) is 128 Å². The van der Waals surface area contributed by atoms with E-state index in [9.17, 15) is 17.8 Å². The number of aromatic nitrogens is 1. The summed E-state index contributed by atoms with van der Waals surface area (Å²) in [6, 6.07) is 5.78. The van der Waals surface area contributed by atoms with Gasteiger partial charge in [-0.05, 0) is 44.2 Å². The van der Waals surface area contributed by atoms with Gasteiger partial charge in [-0.2, -0.15) is 4.57 Å². The van der Waals surface area contributed by atoms with Gasteiger partial charge >= 0.3 is 6.09 Å². The van der Waals surface area contributed by atoms with Crippen molar-refractivity contribution in [1.82, 2.24) is 5.32 Å². The molecule has 3 rings (SSSR count). The highest BCUT2D eigenvalue weighted by Crippen LogP contribution is 2.25. The number of amides is 1. The average Bonchev–Trinajstić information content (AvgIpc) is 3.73. The second kappa shape index (κ2) is 25.1. The van der Waals surface area contributed by atoms with Crippen LogP contribution in [0.3, 0.4) is 0 Å². The van der Waals surface area contributed by atoms with Crippen molar-refractivity contribution in [3.05, 3.63) is 46.9 Å². The highest BCUT2D eigenvalue weighted by Gasteiger charge is 2.26. The van der Waals surface area contributed by atoms with E-state index in [1.807, 2.05) is 6.92 Å². The minimum atomic E-state index is -4.27. The van der Waals surface area contributed by atoms with Gasteiger partial charge in [0.05, 0.1) is 23.0 Å². The lowest BCUT2D eigenvalue weighted by atomic mass is 9.97. The number of nitrogens with one attached hydrogen (secondary N) is 1. The smallest absolute Gasteiger partial charge is 0.407 e. The molecule has 0 saturated carbocycles. The van der Waals surface area contributed by atoms with E-state index in [0.717, 1.165) is 38.0 Å². The molecule has 0 bridgehead atoms. The largest absolute Gasteiger partial charge is 0.744 e. The molecule has 1 aliphatic rings. The molecule has 262 valence electrons. The van der Waals surface area contributed by atoms with Crippen molar-refractivity contribution in [2.45, 2.75) is 147 Å².